The van der Waals surface area contributed by atoms with Gasteiger partial charge in [-0.1, -0.05) is 0 Å². The van der Waals surface area contributed by atoms with Crippen LogP contribution >= 0.6 is 24.6 Å². The Kier molecular flexibility index (Phi) is 11.9. The van der Waals surface area contributed by atoms with Crippen molar-refractivity contribution in [3.05, 3.63) is 16.7 Å². The number of nitrogens with one attached hydrogen (secondary N) is 1. The van der Waals surface area contributed by atoms with Crippen molar-refractivity contribution in [2.45, 2.75) is 49.0 Å². The number of nitrogens with two attached hydrogens (primary N) is 1. The van der Waals surface area contributed by atoms with Crippen LogP contribution in [0.3, 0.4) is 0 Å². The van der Waals surface area contributed by atoms with Crippen molar-refractivity contribution in [2.24, 2.45) is 0 Å². The van der Waals surface area contributed by atoms with Crippen LogP contribution in [-0.2, 0) is 23.2 Å². The van der Waals surface area contributed by atoms with Gasteiger partial charge in [0.1, 0.15) is 42.7 Å². The van der Waals surface area contributed by atoms with Crippen LogP contribution in [0, 0.1) is 0 Å². The maximum Gasteiger partial charge on any atom is 0.397 e. The average Bonchev–Trinajstić information content (AvgIpc) is 3.40. The Hall–Kier alpha value is -1.85. The number of aliphatic hydroxyl groups excluding tert-OH is 7. The molecule has 1 unspecified atom stereocenters. The Balaban J connectivity index is 0.000000395. The predicted molar refractivity (Wildman–Crippen MR) is 131 cm³/mol. The predicted octanol–water partition coefficient (Wildman–Crippen LogP) is -5.11. The molecule has 13 N–H and O–H groups in total. The van der Waals surface area contributed by atoms with Gasteiger partial charge in [0.25, 0.3) is 5.56 Å². The third-order valence-corrected chi connectivity index (χ3v) is 11.3. The van der Waals surface area contributed by atoms with Crippen LogP contribution in [0.4, 0.5) is 5.95 Å². The summed E-state index contributed by atoms with van der Waals surface area (Å²) < 4.78 is 33.6. The lowest BCUT2D eigenvalue weighted by molar-refractivity contribution is -0.136. The molecule has 2 aromatic rings. The molecule has 0 saturated carbocycles. The van der Waals surface area contributed by atoms with Crippen molar-refractivity contribution in [2.75, 3.05) is 18.9 Å². The molecule has 3 rings (SSSR count). The Morgan fingerprint density at radius 2 is 1.80 bits per heavy atom. The van der Waals surface area contributed by atoms with Crippen LogP contribution < -0.4 is 11.3 Å². The van der Waals surface area contributed by atoms with E-state index in [9.17, 15) is 33.8 Å². The number of nitrogens with zero attached hydrogens (tertiary/aromatic N) is 3. The second-order valence-corrected chi connectivity index (χ2v) is 15.1. The normalized spacial score (nSPS) is 25.9. The van der Waals surface area contributed by atoms with E-state index in [0.29, 0.717) is 0 Å². The molecular weight excluding hydrogens is 612 g/mol. The van der Waals surface area contributed by atoms with Gasteiger partial charge in [-0.25, -0.2) is 14.1 Å². The van der Waals surface area contributed by atoms with Gasteiger partial charge in [-0.2, -0.15) is 4.98 Å². The third kappa shape index (κ3) is 8.82. The maximum atomic E-state index is 11.8. The highest BCUT2D eigenvalue weighted by Gasteiger charge is 2.46. The fourth-order valence-corrected chi connectivity index (χ4v) is 7.80. The van der Waals surface area contributed by atoms with Crippen LogP contribution in [-0.4, -0.2) is 132 Å². The van der Waals surface area contributed by atoms with Crippen LogP contribution in [0.5, 0.6) is 0 Å². The van der Waals surface area contributed by atoms with Crippen molar-refractivity contribution in [1.82, 2.24) is 19.5 Å². The van der Waals surface area contributed by atoms with Gasteiger partial charge in [0, 0.05) is 0 Å². The van der Waals surface area contributed by atoms with Gasteiger partial charge >= 0.3 is 13.6 Å². The summed E-state index contributed by atoms with van der Waals surface area (Å²) in [6.45, 7) is -11.2. The lowest BCUT2D eigenvalue weighted by atomic mass is 10.0. The van der Waals surface area contributed by atoms with Crippen molar-refractivity contribution in [3.63, 3.8) is 0 Å². The number of ether oxygens (including phenoxy) is 1. The van der Waals surface area contributed by atoms with E-state index >= 15 is 0 Å². The van der Waals surface area contributed by atoms with Crippen LogP contribution in [0.2, 0.25) is 0 Å². The number of H-pyrrole nitrogens is 1. The number of imidazole rings is 1. The first-order valence-electron chi connectivity index (χ1n) is 10.7. The van der Waals surface area contributed by atoms with Gasteiger partial charge in [0.05, 0.1) is 30.5 Å². The summed E-state index contributed by atoms with van der Waals surface area (Å²) in [5.41, 5.74) is 4.71. The number of hydrogen-bond donors (Lipinski definition) is 12. The first-order valence-corrected chi connectivity index (χ1v) is 15.9. The number of aromatic nitrogens is 4. The number of rotatable bonds is 11. The second-order valence-electron chi connectivity index (χ2n) is 8.02. The summed E-state index contributed by atoms with van der Waals surface area (Å²) in [7, 11) is 0. The molecule has 9 atom stereocenters. The summed E-state index contributed by atoms with van der Waals surface area (Å²) in [4.78, 5) is 58.6. The summed E-state index contributed by atoms with van der Waals surface area (Å²) in [6.07, 6.45) is -11.5. The van der Waals surface area contributed by atoms with Crippen molar-refractivity contribution in [3.8, 4) is 0 Å². The lowest BCUT2D eigenvalue weighted by Crippen LogP contribution is -2.46. The number of aldehydes is 1. The minimum Gasteiger partial charge on any atom is -0.394 e. The summed E-state index contributed by atoms with van der Waals surface area (Å²) in [5.74, 6) is -0.220. The van der Waals surface area contributed by atoms with Gasteiger partial charge in [-0.3, -0.25) is 18.9 Å². The quantitative estimate of drug-likeness (QED) is 0.0807. The minimum absolute atomic E-state index is 0.0258. The van der Waals surface area contributed by atoms with Gasteiger partial charge < -0.3 is 65.7 Å². The van der Waals surface area contributed by atoms with Crippen LogP contribution in [0.1, 0.15) is 6.23 Å². The SMILES string of the molecule is Nc1nc2c(ncn2[C@@H]2O[C@H](COP(=O)(O)SP(=O)(O)O)[C@@H](O)[C@H]2O)c(=O)[nH]1.O=C[C@@H](O)[C@@H](O)[C@H](O)[C@H](O)CO. The summed E-state index contributed by atoms with van der Waals surface area (Å²) in [6, 6.07) is 0. The third-order valence-electron chi connectivity index (χ3n) is 5.09. The van der Waals surface area contributed by atoms with E-state index in [-0.39, 0.29) is 23.4 Å². The molecule has 21 nitrogen and oxygen atoms in total. The zero-order valence-corrected chi connectivity index (χ0v) is 22.4. The van der Waals surface area contributed by atoms with Crippen LogP contribution in [0.25, 0.3) is 11.2 Å². The van der Waals surface area contributed by atoms with Crippen LogP contribution in [0.15, 0.2) is 11.1 Å². The number of fused-ring (bicyclic) bond motifs is 1. The number of aromatic amines is 1. The molecule has 0 aromatic carbocycles. The molecule has 1 aliphatic rings. The van der Waals surface area contributed by atoms with Crippen molar-refractivity contribution < 1.29 is 73.6 Å². The first kappa shape index (κ1) is 34.4. The second kappa shape index (κ2) is 13.9. The number of hydrogen-bond acceptors (Lipinski definition) is 17. The fourth-order valence-electron chi connectivity index (χ4n) is 3.17. The molecule has 228 valence electrons. The van der Waals surface area contributed by atoms with Gasteiger partial charge in [-0.05, 0) is 0 Å². The van der Waals surface area contributed by atoms with Crippen molar-refractivity contribution in [1.29, 1.82) is 0 Å². The number of anilines is 1. The molecule has 3 heterocycles. The number of aliphatic hydroxyl groups is 7. The fraction of sp³-hybridized carbons (Fsp3) is 0.625. The van der Waals surface area contributed by atoms with E-state index in [1.54, 1.807) is 0 Å². The standard InChI is InChI=1S/C10H15N5O10P2S.C6H12O6/c11-10-13-7-4(8(18)14-10)12-2-15(7)9-6(17)5(16)3(25-9)1-24-27(22,23)28-26(19,20)21;7-1-3(9)5(11)6(12)4(10)2-8/h2-3,5-6,9,16-17H,1H2,(H,22,23)(H2,19,20,21)(H3,11,13,14,18);1,3-6,8-12H,2H2/t3-,5-,6-,9-;3-,4-,5-,6-/m11/s1. The molecule has 0 aliphatic carbocycles. The van der Waals surface area contributed by atoms with E-state index < -0.39 is 92.3 Å². The Morgan fingerprint density at radius 1 is 1.18 bits per heavy atom. The zero-order valence-electron chi connectivity index (χ0n) is 19.8. The van der Waals surface area contributed by atoms with Gasteiger partial charge in [0.15, 0.2) is 23.7 Å². The Labute approximate surface area is 226 Å². The zero-order chi connectivity index (χ0) is 30.6. The summed E-state index contributed by atoms with van der Waals surface area (Å²) in [5, 5.41) is 63.9. The van der Waals surface area contributed by atoms with Crippen molar-refractivity contribution >= 4 is 48.0 Å². The molecule has 2 aromatic heterocycles. The lowest BCUT2D eigenvalue weighted by Gasteiger charge is -2.22. The molecule has 40 heavy (non-hydrogen) atoms. The Morgan fingerprint density at radius 3 is 2.35 bits per heavy atom. The largest absolute Gasteiger partial charge is 0.397 e. The molecule has 0 spiro atoms. The molecule has 0 bridgehead atoms. The highest BCUT2D eigenvalue weighted by atomic mass is 33.1. The van der Waals surface area contributed by atoms with E-state index in [0.717, 1.165) is 10.9 Å². The number of carbonyl (C=O) groups excluding carboxylic acids is 1. The molecule has 0 amide bonds. The smallest absolute Gasteiger partial charge is 0.394 e. The monoisotopic (exact) mass is 639 g/mol. The van der Waals surface area contributed by atoms with E-state index in [1.807, 2.05) is 0 Å². The minimum atomic E-state index is -4.90. The molecule has 1 saturated heterocycles. The van der Waals surface area contributed by atoms with Gasteiger partial charge in [0.2, 0.25) is 5.95 Å². The summed E-state index contributed by atoms with van der Waals surface area (Å²) >= 11 is -0.573. The molecule has 1 fully saturated rings. The van der Waals surface area contributed by atoms with Gasteiger partial charge in [-0.15, -0.1) is 0 Å². The highest BCUT2D eigenvalue weighted by molar-refractivity contribution is 8.84. The average molecular weight is 639 g/mol. The number of carbonyl (C=O) groups is 1. The van der Waals surface area contributed by atoms with E-state index in [1.165, 1.54) is 0 Å². The molecule has 1 aliphatic heterocycles. The molecule has 24 heteroatoms. The maximum absolute atomic E-state index is 11.8. The molecule has 0 radical (unpaired) electrons. The Bertz CT molecular complexity index is 1310. The molecular formula is C16H27N5O16P2S. The highest BCUT2D eigenvalue weighted by Crippen LogP contribution is 2.72. The topological polar surface area (TPSA) is 362 Å². The van der Waals surface area contributed by atoms with E-state index in [2.05, 4.69) is 19.5 Å². The number of nitrogen functional groups attached to an aromatic ring is 1. The first-order chi connectivity index (χ1) is 18.4. The van der Waals surface area contributed by atoms with E-state index in [4.69, 9.17) is 45.8 Å².